The van der Waals surface area contributed by atoms with Gasteiger partial charge in [-0.3, -0.25) is 4.79 Å². The number of hydrogen-bond donors (Lipinski definition) is 2. The number of esters is 1. The number of anilines is 1. The van der Waals surface area contributed by atoms with Crippen LogP contribution in [0.15, 0.2) is 63.9 Å². The average molecular weight is 469 g/mol. The van der Waals surface area contributed by atoms with E-state index in [9.17, 15) is 9.59 Å². The van der Waals surface area contributed by atoms with Crippen molar-refractivity contribution in [2.24, 2.45) is 0 Å². The molecule has 0 radical (unpaired) electrons. The van der Waals surface area contributed by atoms with Gasteiger partial charge in [0.1, 0.15) is 11.5 Å². The summed E-state index contributed by atoms with van der Waals surface area (Å²) in [5, 5.41) is 6.65. The molecular formula is C24H21ClN2O4S. The van der Waals surface area contributed by atoms with Crippen LogP contribution < -0.4 is 10.6 Å². The lowest BCUT2D eigenvalue weighted by Crippen LogP contribution is -2.30. The fourth-order valence-electron chi connectivity index (χ4n) is 3.22. The molecule has 4 rings (SSSR count). The van der Waals surface area contributed by atoms with Crippen LogP contribution in [0.1, 0.15) is 28.6 Å². The molecule has 3 aromatic rings. The van der Waals surface area contributed by atoms with Crippen molar-refractivity contribution in [2.75, 3.05) is 12.4 Å². The summed E-state index contributed by atoms with van der Waals surface area (Å²) in [6.45, 7) is 2.11. The minimum atomic E-state index is -0.460. The minimum Gasteiger partial charge on any atom is -0.465 e. The Hall–Kier alpha value is -3.16. The Morgan fingerprint density at radius 2 is 2.00 bits per heavy atom. The molecule has 1 aromatic heterocycles. The minimum absolute atomic E-state index is 0.179. The summed E-state index contributed by atoms with van der Waals surface area (Å²) in [7, 11) is 1.32. The van der Waals surface area contributed by atoms with Crippen molar-refractivity contribution >= 4 is 47.0 Å². The lowest BCUT2D eigenvalue weighted by Gasteiger charge is -2.12. The van der Waals surface area contributed by atoms with Gasteiger partial charge in [0.2, 0.25) is 0 Å². The number of ether oxygens (including phenoxy) is 1. The van der Waals surface area contributed by atoms with Gasteiger partial charge >= 0.3 is 5.97 Å². The number of carbonyl (C=O) groups is 2. The van der Waals surface area contributed by atoms with Gasteiger partial charge in [-0.15, -0.1) is 0 Å². The second-order valence-corrected chi connectivity index (χ2v) is 8.62. The Bertz CT molecular complexity index is 1190. The third-order valence-electron chi connectivity index (χ3n) is 4.94. The first-order valence-corrected chi connectivity index (χ1v) is 11.3. The number of rotatable bonds is 6. The Kier molecular flexibility index (Phi) is 6.58. The molecule has 0 spiro atoms. The van der Waals surface area contributed by atoms with Gasteiger partial charge in [0, 0.05) is 17.3 Å². The van der Waals surface area contributed by atoms with Crippen LogP contribution >= 0.6 is 23.4 Å². The summed E-state index contributed by atoms with van der Waals surface area (Å²) < 4.78 is 10.6. The van der Waals surface area contributed by atoms with E-state index < -0.39 is 5.97 Å². The van der Waals surface area contributed by atoms with E-state index in [4.69, 9.17) is 20.8 Å². The van der Waals surface area contributed by atoms with Crippen molar-refractivity contribution in [1.82, 2.24) is 5.32 Å². The molecule has 164 valence electrons. The van der Waals surface area contributed by atoms with Crippen molar-refractivity contribution in [3.05, 3.63) is 81.4 Å². The van der Waals surface area contributed by atoms with Crippen molar-refractivity contribution in [1.29, 1.82) is 0 Å². The number of furan rings is 1. The molecule has 0 saturated carbocycles. The first-order chi connectivity index (χ1) is 15.5. The molecule has 1 fully saturated rings. The monoisotopic (exact) mass is 468 g/mol. The van der Waals surface area contributed by atoms with Gasteiger partial charge in [0.05, 0.1) is 22.6 Å². The Labute approximate surface area is 195 Å². The molecule has 1 atom stereocenters. The van der Waals surface area contributed by atoms with Crippen molar-refractivity contribution in [3.63, 3.8) is 0 Å². The zero-order valence-corrected chi connectivity index (χ0v) is 19.0. The first kappa shape index (κ1) is 22.0. The van der Waals surface area contributed by atoms with Gasteiger partial charge < -0.3 is 19.8 Å². The van der Waals surface area contributed by atoms with E-state index >= 15 is 0 Å². The fraction of sp³-hybridized carbons (Fsp3) is 0.167. The molecule has 0 aliphatic carbocycles. The summed E-state index contributed by atoms with van der Waals surface area (Å²) in [6, 6.07) is 16.4. The molecule has 32 heavy (non-hydrogen) atoms. The van der Waals surface area contributed by atoms with Crippen LogP contribution in [0.5, 0.6) is 0 Å². The highest BCUT2D eigenvalue weighted by molar-refractivity contribution is 8.05. The summed E-state index contributed by atoms with van der Waals surface area (Å²) in [6.07, 6.45) is 2.66. The van der Waals surface area contributed by atoms with E-state index in [0.717, 1.165) is 12.1 Å². The molecule has 1 aliphatic heterocycles. The molecule has 0 bridgehead atoms. The second kappa shape index (κ2) is 9.54. The van der Waals surface area contributed by atoms with Crippen LogP contribution in [0.3, 0.4) is 0 Å². The van der Waals surface area contributed by atoms with E-state index in [1.54, 1.807) is 36.4 Å². The Morgan fingerprint density at radius 1 is 1.22 bits per heavy atom. The highest BCUT2D eigenvalue weighted by Gasteiger charge is 2.27. The fourth-order valence-corrected chi connectivity index (χ4v) is 4.39. The van der Waals surface area contributed by atoms with E-state index in [0.29, 0.717) is 32.6 Å². The normalized spacial score (nSPS) is 16.8. The maximum atomic E-state index is 12.4. The van der Waals surface area contributed by atoms with Gasteiger partial charge in [-0.05, 0) is 54.4 Å². The van der Waals surface area contributed by atoms with Crippen LogP contribution in [-0.4, -0.2) is 24.5 Å². The third-order valence-corrected chi connectivity index (χ3v) is 6.30. The molecule has 2 heterocycles. The molecule has 0 unspecified atom stereocenters. The number of carbonyl (C=O) groups excluding carboxylic acids is 2. The topological polar surface area (TPSA) is 80.6 Å². The molecular weight excluding hydrogens is 448 g/mol. The predicted molar refractivity (Wildman–Crippen MR) is 127 cm³/mol. The molecule has 2 N–H and O–H groups in total. The number of hydrogen-bond acceptors (Lipinski definition) is 6. The molecule has 8 heteroatoms. The van der Waals surface area contributed by atoms with E-state index in [-0.39, 0.29) is 11.4 Å². The standard InChI is InChI=1S/C24H21ClN2O4S/c1-3-14-4-7-16(8-5-14)26-24-27-22(28)21(32-24)13-17-9-11-20(31-17)18-12-15(23(29)30-2)6-10-19(18)25/h4-13,24,26H,3H2,1-2H3,(H,27,28)/b21-13-/t24-/m0/s1. The highest BCUT2D eigenvalue weighted by Crippen LogP contribution is 2.34. The number of aryl methyl sites for hydroxylation is 1. The summed E-state index contributed by atoms with van der Waals surface area (Å²) in [5.74, 6) is 0.354. The molecule has 1 aliphatic rings. The van der Waals surface area contributed by atoms with Crippen LogP contribution in [0, 0.1) is 0 Å². The van der Waals surface area contributed by atoms with Crippen molar-refractivity contribution < 1.29 is 18.7 Å². The van der Waals surface area contributed by atoms with Crippen LogP contribution in [0.2, 0.25) is 5.02 Å². The van der Waals surface area contributed by atoms with Crippen molar-refractivity contribution in [2.45, 2.75) is 18.8 Å². The van der Waals surface area contributed by atoms with Crippen LogP contribution in [0.4, 0.5) is 5.69 Å². The molecule has 6 nitrogen and oxygen atoms in total. The number of halogens is 1. The lowest BCUT2D eigenvalue weighted by atomic mass is 10.1. The number of amides is 1. The number of thioether (sulfide) groups is 1. The van der Waals surface area contributed by atoms with E-state index in [1.165, 1.54) is 24.4 Å². The summed E-state index contributed by atoms with van der Waals surface area (Å²) >= 11 is 7.67. The van der Waals surface area contributed by atoms with Gasteiger partial charge in [0.15, 0.2) is 5.50 Å². The largest absolute Gasteiger partial charge is 0.465 e. The van der Waals surface area contributed by atoms with Gasteiger partial charge in [-0.2, -0.15) is 0 Å². The molecule has 1 amide bonds. The summed E-state index contributed by atoms with van der Waals surface area (Å²) in [4.78, 5) is 24.8. The SMILES string of the molecule is CCc1ccc(N[C@H]2NC(=O)/C(=C/c3ccc(-c4cc(C(=O)OC)ccc4Cl)o3)S2)cc1. The average Bonchev–Trinajstić information content (AvgIpc) is 3.40. The first-order valence-electron chi connectivity index (χ1n) is 9.99. The van der Waals surface area contributed by atoms with Gasteiger partial charge in [-0.25, -0.2) is 4.79 Å². The Morgan fingerprint density at radius 3 is 2.72 bits per heavy atom. The van der Waals surface area contributed by atoms with E-state index in [2.05, 4.69) is 29.7 Å². The quantitative estimate of drug-likeness (QED) is 0.364. The Balaban J connectivity index is 1.49. The zero-order chi connectivity index (χ0) is 22.7. The molecule has 1 saturated heterocycles. The highest BCUT2D eigenvalue weighted by atomic mass is 35.5. The maximum absolute atomic E-state index is 12.4. The van der Waals surface area contributed by atoms with Crippen LogP contribution in [0.25, 0.3) is 17.4 Å². The maximum Gasteiger partial charge on any atom is 0.337 e. The second-order valence-electron chi connectivity index (χ2n) is 7.06. The zero-order valence-electron chi connectivity index (χ0n) is 17.5. The smallest absolute Gasteiger partial charge is 0.337 e. The third kappa shape index (κ3) is 4.84. The van der Waals surface area contributed by atoms with E-state index in [1.807, 2.05) is 12.1 Å². The molecule has 2 aromatic carbocycles. The van der Waals surface area contributed by atoms with Crippen molar-refractivity contribution in [3.8, 4) is 11.3 Å². The predicted octanol–water partition coefficient (Wildman–Crippen LogP) is 5.55. The van der Waals surface area contributed by atoms with Gasteiger partial charge in [0.25, 0.3) is 5.91 Å². The lowest BCUT2D eigenvalue weighted by molar-refractivity contribution is -0.116. The summed E-state index contributed by atoms with van der Waals surface area (Å²) in [5.41, 5.74) is 2.85. The number of benzene rings is 2. The van der Waals surface area contributed by atoms with Gasteiger partial charge in [-0.1, -0.05) is 42.4 Å². The number of nitrogens with one attached hydrogen (secondary N) is 2. The number of methoxy groups -OCH3 is 1. The van der Waals surface area contributed by atoms with Crippen LogP contribution in [-0.2, 0) is 16.0 Å².